The van der Waals surface area contributed by atoms with Gasteiger partial charge in [0, 0.05) is 30.6 Å². The van der Waals surface area contributed by atoms with Gasteiger partial charge in [-0.25, -0.2) is 0 Å². The van der Waals surface area contributed by atoms with Crippen LogP contribution in [0.25, 0.3) is 0 Å². The van der Waals surface area contributed by atoms with E-state index >= 15 is 0 Å². The number of likely N-dealkylation sites (tertiary alicyclic amines) is 2. The van der Waals surface area contributed by atoms with E-state index < -0.39 is 0 Å². The molecular weight excluding hydrogens is 368 g/mol. The average molecular weight is 399 g/mol. The first-order valence-corrected chi connectivity index (χ1v) is 11.2. The average Bonchev–Trinajstić information content (AvgIpc) is 3.12. The zero-order valence-corrected chi connectivity index (χ0v) is 17.8. The summed E-state index contributed by atoms with van der Waals surface area (Å²) in [6.07, 6.45) is 2.36. The quantitative estimate of drug-likeness (QED) is 0.746. The molecule has 2 aliphatic rings. The van der Waals surface area contributed by atoms with Gasteiger partial charge in [0.25, 0.3) is 5.91 Å². The molecule has 1 amide bonds. The van der Waals surface area contributed by atoms with Gasteiger partial charge in [-0.3, -0.25) is 9.69 Å². The molecule has 0 unspecified atom stereocenters. The third kappa shape index (κ3) is 3.96. The number of amides is 1. The van der Waals surface area contributed by atoms with E-state index in [1.807, 2.05) is 47.4 Å². The molecule has 0 spiro atoms. The van der Waals surface area contributed by atoms with Crippen LogP contribution in [-0.4, -0.2) is 53.5 Å². The Morgan fingerprint density at radius 2 is 1.82 bits per heavy atom. The molecule has 0 aliphatic carbocycles. The van der Waals surface area contributed by atoms with Crippen molar-refractivity contribution >= 4 is 17.2 Å². The molecule has 150 valence electrons. The third-order valence-corrected chi connectivity index (χ3v) is 7.10. The van der Waals surface area contributed by atoms with Gasteiger partial charge >= 0.3 is 0 Å². The van der Waals surface area contributed by atoms with Gasteiger partial charge < -0.3 is 9.64 Å². The second-order valence-corrected chi connectivity index (χ2v) is 9.58. The number of hydrogen-bond donors (Lipinski definition) is 0. The topological polar surface area (TPSA) is 32.8 Å². The van der Waals surface area contributed by atoms with Crippen molar-refractivity contribution in [1.29, 1.82) is 0 Å². The smallest absolute Gasteiger partial charge is 0.263 e. The van der Waals surface area contributed by atoms with Crippen molar-refractivity contribution in [2.75, 3.05) is 19.6 Å². The lowest BCUT2D eigenvalue weighted by Crippen LogP contribution is -2.68. The number of ether oxygens (including phenoxy) is 1. The van der Waals surface area contributed by atoms with Crippen LogP contribution < -0.4 is 4.74 Å². The van der Waals surface area contributed by atoms with E-state index in [4.69, 9.17) is 4.74 Å². The number of carbonyl (C=O) groups is 1. The van der Waals surface area contributed by atoms with Crippen molar-refractivity contribution in [2.45, 2.75) is 51.8 Å². The molecule has 4 nitrogen and oxygen atoms in total. The molecular formula is C23H30N2O2S. The van der Waals surface area contributed by atoms with Crippen molar-refractivity contribution in [1.82, 2.24) is 9.80 Å². The Morgan fingerprint density at radius 1 is 1.11 bits per heavy atom. The van der Waals surface area contributed by atoms with Gasteiger partial charge in [0.05, 0.1) is 10.9 Å². The standard InChI is InChI=1S/C23H30N2O2S/c1-16(2)25-15-20(27-19-7-5-4-6-8-19)22(25)18-11-13-24(14-12-18)23(26)21-10-9-17(3)28-21/h4-10,16,18,20,22H,11-15H2,1-3H3/t20-,22-/m0/s1. The first-order chi connectivity index (χ1) is 13.5. The summed E-state index contributed by atoms with van der Waals surface area (Å²) in [5.74, 6) is 1.74. The number of piperidine rings is 1. The van der Waals surface area contributed by atoms with Gasteiger partial charge in [-0.2, -0.15) is 0 Å². The van der Waals surface area contributed by atoms with Crippen molar-refractivity contribution < 1.29 is 9.53 Å². The highest BCUT2D eigenvalue weighted by molar-refractivity contribution is 7.13. The third-order valence-electron chi connectivity index (χ3n) is 6.11. The molecule has 1 aromatic heterocycles. The Bertz CT molecular complexity index is 796. The molecule has 2 atom stereocenters. The van der Waals surface area contributed by atoms with Crippen LogP contribution in [0.2, 0.25) is 0 Å². The second kappa shape index (κ2) is 8.26. The lowest BCUT2D eigenvalue weighted by Gasteiger charge is -2.54. The summed E-state index contributed by atoms with van der Waals surface area (Å²) in [6.45, 7) is 9.28. The molecule has 1 aromatic carbocycles. The molecule has 2 aromatic rings. The van der Waals surface area contributed by atoms with Crippen LogP contribution in [0.5, 0.6) is 5.75 Å². The number of thiophene rings is 1. The van der Waals surface area contributed by atoms with Crippen LogP contribution in [0.15, 0.2) is 42.5 Å². The van der Waals surface area contributed by atoms with E-state index in [0.717, 1.165) is 43.1 Å². The molecule has 28 heavy (non-hydrogen) atoms. The Labute approximate surface area is 172 Å². The van der Waals surface area contributed by atoms with E-state index in [-0.39, 0.29) is 12.0 Å². The summed E-state index contributed by atoms with van der Waals surface area (Å²) in [6, 6.07) is 15.1. The highest BCUT2D eigenvalue weighted by Crippen LogP contribution is 2.36. The second-order valence-electron chi connectivity index (χ2n) is 8.29. The summed E-state index contributed by atoms with van der Waals surface area (Å²) >= 11 is 1.60. The number of benzene rings is 1. The van der Waals surface area contributed by atoms with Crippen molar-refractivity contribution in [3.8, 4) is 5.75 Å². The van der Waals surface area contributed by atoms with Gasteiger partial charge in [0.2, 0.25) is 0 Å². The van der Waals surface area contributed by atoms with E-state index in [1.165, 1.54) is 4.88 Å². The number of aryl methyl sites for hydroxylation is 1. The predicted octanol–water partition coefficient (Wildman–Crippen LogP) is 4.45. The van der Waals surface area contributed by atoms with Crippen molar-refractivity contribution in [3.05, 3.63) is 52.2 Å². The predicted molar refractivity (Wildman–Crippen MR) is 114 cm³/mol. The SMILES string of the molecule is Cc1ccc(C(=O)N2CCC([C@H]3[C@@H](Oc4ccccc4)CN3C(C)C)CC2)s1. The van der Waals surface area contributed by atoms with Gasteiger partial charge in [-0.05, 0) is 63.8 Å². The minimum atomic E-state index is 0.197. The monoisotopic (exact) mass is 398 g/mol. The number of para-hydroxylation sites is 1. The maximum Gasteiger partial charge on any atom is 0.263 e. The number of carbonyl (C=O) groups excluding carboxylic acids is 1. The lowest BCUT2D eigenvalue weighted by atomic mass is 9.79. The van der Waals surface area contributed by atoms with Crippen LogP contribution in [0.3, 0.4) is 0 Å². The lowest BCUT2D eigenvalue weighted by molar-refractivity contribution is -0.0983. The molecule has 4 rings (SSSR count). The maximum atomic E-state index is 12.8. The molecule has 0 saturated carbocycles. The first kappa shape index (κ1) is 19.5. The van der Waals surface area contributed by atoms with Crippen molar-refractivity contribution in [2.24, 2.45) is 5.92 Å². The van der Waals surface area contributed by atoms with Crippen LogP contribution in [0, 0.1) is 12.8 Å². The van der Waals surface area contributed by atoms with Gasteiger partial charge in [0.15, 0.2) is 0 Å². The van der Waals surface area contributed by atoms with E-state index in [2.05, 4.69) is 25.7 Å². The molecule has 3 heterocycles. The Hall–Kier alpha value is -1.85. The minimum Gasteiger partial charge on any atom is -0.487 e. The van der Waals surface area contributed by atoms with Crippen LogP contribution in [-0.2, 0) is 0 Å². The molecule has 5 heteroatoms. The summed E-state index contributed by atoms with van der Waals surface area (Å²) in [4.78, 5) is 19.4. The fraction of sp³-hybridized carbons (Fsp3) is 0.522. The molecule has 2 fully saturated rings. The number of rotatable bonds is 5. The Balaban J connectivity index is 1.39. The number of hydrogen-bond acceptors (Lipinski definition) is 4. The summed E-state index contributed by atoms with van der Waals surface area (Å²) in [5, 5.41) is 0. The molecule has 0 bridgehead atoms. The summed E-state index contributed by atoms with van der Waals surface area (Å²) in [5.41, 5.74) is 0. The van der Waals surface area contributed by atoms with Gasteiger partial charge in [-0.1, -0.05) is 18.2 Å². The zero-order chi connectivity index (χ0) is 19.7. The van der Waals surface area contributed by atoms with Gasteiger partial charge in [-0.15, -0.1) is 11.3 Å². The summed E-state index contributed by atoms with van der Waals surface area (Å²) in [7, 11) is 0. The Morgan fingerprint density at radius 3 is 2.43 bits per heavy atom. The fourth-order valence-corrected chi connectivity index (χ4v) is 5.41. The molecule has 2 saturated heterocycles. The van der Waals surface area contributed by atoms with Crippen LogP contribution in [0.1, 0.15) is 41.2 Å². The zero-order valence-electron chi connectivity index (χ0n) is 17.0. The van der Waals surface area contributed by atoms with Crippen molar-refractivity contribution in [3.63, 3.8) is 0 Å². The largest absolute Gasteiger partial charge is 0.487 e. The molecule has 0 N–H and O–H groups in total. The fourth-order valence-electron chi connectivity index (χ4n) is 4.57. The minimum absolute atomic E-state index is 0.197. The maximum absolute atomic E-state index is 12.8. The Kier molecular flexibility index (Phi) is 5.74. The highest BCUT2D eigenvalue weighted by Gasteiger charge is 2.47. The molecule has 2 aliphatic heterocycles. The van der Waals surface area contributed by atoms with Gasteiger partial charge in [0.1, 0.15) is 11.9 Å². The van der Waals surface area contributed by atoms with Crippen LogP contribution in [0.4, 0.5) is 0 Å². The first-order valence-electron chi connectivity index (χ1n) is 10.4. The summed E-state index contributed by atoms with van der Waals surface area (Å²) < 4.78 is 6.32. The van der Waals surface area contributed by atoms with E-state index in [0.29, 0.717) is 18.0 Å². The number of nitrogens with zero attached hydrogens (tertiary/aromatic N) is 2. The van der Waals surface area contributed by atoms with E-state index in [1.54, 1.807) is 11.3 Å². The molecule has 0 radical (unpaired) electrons. The normalized spacial score (nSPS) is 23.6. The highest BCUT2D eigenvalue weighted by atomic mass is 32.1. The van der Waals surface area contributed by atoms with Crippen LogP contribution >= 0.6 is 11.3 Å². The van der Waals surface area contributed by atoms with E-state index in [9.17, 15) is 4.79 Å².